The van der Waals surface area contributed by atoms with E-state index in [0.29, 0.717) is 5.65 Å². The van der Waals surface area contributed by atoms with Crippen molar-refractivity contribution >= 4 is 23.4 Å². The second-order valence-electron chi connectivity index (χ2n) is 10.9. The highest BCUT2D eigenvalue weighted by atomic mass is 16.6. The molecule has 1 saturated heterocycles. The minimum Gasteiger partial charge on any atom is -0.467 e. The third-order valence-electron chi connectivity index (χ3n) is 6.83. The Morgan fingerprint density at radius 3 is 2.50 bits per heavy atom. The zero-order chi connectivity index (χ0) is 26.7. The second kappa shape index (κ2) is 11.0. The summed E-state index contributed by atoms with van der Waals surface area (Å²) in [6.45, 7) is 17.5. The molecule has 0 saturated carbocycles. The first-order valence-electron chi connectivity index (χ1n) is 12.7. The van der Waals surface area contributed by atoms with Crippen LogP contribution in [0, 0.1) is 12.3 Å². The Kier molecular flexibility index (Phi) is 8.49. The third kappa shape index (κ3) is 6.09. The van der Waals surface area contributed by atoms with Crippen LogP contribution in [-0.2, 0) is 19.0 Å². The van der Waals surface area contributed by atoms with Gasteiger partial charge in [-0.3, -0.25) is 4.40 Å². The number of aryl methyl sites for hydroxylation is 1. The van der Waals surface area contributed by atoms with Crippen molar-refractivity contribution in [3.63, 3.8) is 0 Å². The van der Waals surface area contributed by atoms with Crippen molar-refractivity contribution < 1.29 is 23.8 Å². The van der Waals surface area contributed by atoms with Gasteiger partial charge in [-0.05, 0) is 77.3 Å². The normalized spacial score (nSPS) is 16.6. The number of piperidine rings is 1. The van der Waals surface area contributed by atoms with Crippen LogP contribution >= 0.6 is 0 Å². The van der Waals surface area contributed by atoms with E-state index in [1.807, 2.05) is 44.2 Å². The molecule has 1 aliphatic heterocycles. The van der Waals surface area contributed by atoms with Crippen molar-refractivity contribution in [3.8, 4) is 0 Å². The van der Waals surface area contributed by atoms with Gasteiger partial charge in [0.05, 0.1) is 19.3 Å². The Balaban J connectivity index is 2.18. The summed E-state index contributed by atoms with van der Waals surface area (Å²) in [7, 11) is 1.37. The molecule has 0 bridgehead atoms. The topological polar surface area (TPSA) is 82.4 Å². The molecule has 2 aromatic rings. The number of allylic oxidation sites excluding steroid dienone is 1. The molecule has 1 fully saturated rings. The smallest absolute Gasteiger partial charge is 0.358 e. The van der Waals surface area contributed by atoms with E-state index >= 15 is 0 Å². The lowest BCUT2D eigenvalue weighted by atomic mass is 9.76. The quantitative estimate of drug-likeness (QED) is 0.336. The summed E-state index contributed by atoms with van der Waals surface area (Å²) in [4.78, 5) is 32.4. The monoisotopic (exact) mass is 499 g/mol. The van der Waals surface area contributed by atoms with Crippen LogP contribution < -0.4 is 4.90 Å². The molecule has 3 heterocycles. The van der Waals surface area contributed by atoms with Crippen LogP contribution in [0.1, 0.15) is 88.0 Å². The fourth-order valence-electron chi connectivity index (χ4n) is 4.84. The minimum absolute atomic E-state index is 0.225. The molecule has 198 valence electrons. The van der Waals surface area contributed by atoms with Crippen LogP contribution in [0.2, 0.25) is 0 Å². The summed E-state index contributed by atoms with van der Waals surface area (Å²) in [5.41, 5.74) is 2.06. The van der Waals surface area contributed by atoms with Crippen molar-refractivity contribution in [1.29, 1.82) is 0 Å². The number of rotatable bonds is 9. The first kappa shape index (κ1) is 27.7. The molecule has 36 heavy (non-hydrogen) atoms. The fraction of sp³-hybridized carbons (Fsp3) is 0.607. The molecule has 2 aromatic heterocycles. The summed E-state index contributed by atoms with van der Waals surface area (Å²) in [6, 6.07) is 1.88. The van der Waals surface area contributed by atoms with Gasteiger partial charge in [0.15, 0.2) is 11.8 Å². The van der Waals surface area contributed by atoms with Gasteiger partial charge in [0.25, 0.3) is 0 Å². The molecule has 8 nitrogen and oxygen atoms in total. The van der Waals surface area contributed by atoms with Gasteiger partial charge in [-0.2, -0.15) is 0 Å². The summed E-state index contributed by atoms with van der Waals surface area (Å²) in [5, 5.41) is 0. The molecule has 1 aliphatic rings. The molecule has 0 aromatic carbocycles. The van der Waals surface area contributed by atoms with E-state index < -0.39 is 23.6 Å². The molecule has 8 heteroatoms. The van der Waals surface area contributed by atoms with Crippen molar-refractivity contribution in [2.24, 2.45) is 5.41 Å². The van der Waals surface area contributed by atoms with E-state index in [4.69, 9.17) is 14.2 Å². The van der Waals surface area contributed by atoms with Crippen LogP contribution in [0.3, 0.4) is 0 Å². The average Bonchev–Trinajstić information content (AvgIpc) is 3.24. The zero-order valence-corrected chi connectivity index (χ0v) is 22.8. The number of methoxy groups -OCH3 is 1. The van der Waals surface area contributed by atoms with Gasteiger partial charge in [0.2, 0.25) is 0 Å². The number of carbonyl (C=O) groups excluding carboxylic acids is 2. The van der Waals surface area contributed by atoms with E-state index in [0.717, 1.165) is 55.7 Å². The maximum atomic E-state index is 13.1. The van der Waals surface area contributed by atoms with Crippen molar-refractivity contribution in [1.82, 2.24) is 9.38 Å². The lowest BCUT2D eigenvalue weighted by Gasteiger charge is -2.42. The fourth-order valence-corrected chi connectivity index (χ4v) is 4.84. The van der Waals surface area contributed by atoms with E-state index in [1.54, 1.807) is 13.1 Å². The summed E-state index contributed by atoms with van der Waals surface area (Å²) in [5.74, 6) is -0.136. The number of anilines is 1. The van der Waals surface area contributed by atoms with Crippen molar-refractivity contribution in [2.75, 3.05) is 31.7 Å². The van der Waals surface area contributed by atoms with Crippen LogP contribution in [0.15, 0.2) is 24.9 Å². The van der Waals surface area contributed by atoms with Crippen molar-refractivity contribution in [3.05, 3.63) is 41.7 Å². The number of fused-ring (bicyclic) bond motifs is 1. The third-order valence-corrected chi connectivity index (χ3v) is 6.83. The van der Waals surface area contributed by atoms with E-state index in [9.17, 15) is 9.59 Å². The van der Waals surface area contributed by atoms with Crippen LogP contribution in [0.25, 0.3) is 5.65 Å². The number of imidazole rings is 1. The Morgan fingerprint density at radius 1 is 1.28 bits per heavy atom. The molecule has 1 unspecified atom stereocenters. The molecule has 0 aliphatic carbocycles. The highest BCUT2D eigenvalue weighted by Crippen LogP contribution is 2.41. The first-order chi connectivity index (χ1) is 16.9. The Morgan fingerprint density at radius 2 is 1.94 bits per heavy atom. The summed E-state index contributed by atoms with van der Waals surface area (Å²) >= 11 is 0. The van der Waals surface area contributed by atoms with Gasteiger partial charge in [-0.15, -0.1) is 6.58 Å². The van der Waals surface area contributed by atoms with Gasteiger partial charge in [-0.25, -0.2) is 14.6 Å². The van der Waals surface area contributed by atoms with Gasteiger partial charge in [0, 0.05) is 24.8 Å². The number of hydrogen-bond donors (Lipinski definition) is 0. The Labute approximate surface area is 214 Å². The average molecular weight is 500 g/mol. The van der Waals surface area contributed by atoms with E-state index in [-0.39, 0.29) is 17.7 Å². The molecule has 1 atom stereocenters. The summed E-state index contributed by atoms with van der Waals surface area (Å²) in [6.07, 6.45) is 6.82. The molecule has 0 radical (unpaired) electrons. The number of ether oxygens (including phenoxy) is 3. The second-order valence-corrected chi connectivity index (χ2v) is 10.9. The molecular formula is C28H41N3O5. The van der Waals surface area contributed by atoms with Crippen LogP contribution in [0.4, 0.5) is 5.82 Å². The molecule has 3 rings (SSSR count). The Bertz CT molecular complexity index is 1110. The summed E-state index contributed by atoms with van der Waals surface area (Å²) < 4.78 is 18.6. The molecule has 0 spiro atoms. The van der Waals surface area contributed by atoms with Gasteiger partial charge < -0.3 is 19.1 Å². The number of nitrogens with zero attached hydrogens (tertiary/aromatic N) is 3. The lowest BCUT2D eigenvalue weighted by molar-refractivity contribution is -0.164. The standard InChI is InChI=1S/C28H41N3O5/c1-9-11-12-28(7)13-15-30(16-14-28)24-22(23(26(33)34-8)36-27(4,5)6)19(3)17-21-29-20(18-31(21)24)25(32)35-10-2/h9,17-18,23H,1,10-16H2,2-8H3. The maximum Gasteiger partial charge on any atom is 0.358 e. The van der Waals surface area contributed by atoms with Gasteiger partial charge in [0.1, 0.15) is 11.5 Å². The lowest BCUT2D eigenvalue weighted by Crippen LogP contribution is -2.41. The number of aromatic nitrogens is 2. The largest absolute Gasteiger partial charge is 0.467 e. The van der Waals surface area contributed by atoms with E-state index in [1.165, 1.54) is 7.11 Å². The van der Waals surface area contributed by atoms with Gasteiger partial charge >= 0.3 is 11.9 Å². The Hall–Kier alpha value is -2.87. The number of esters is 2. The SMILES string of the molecule is C=CCCC1(C)CCN(c2c(C(OC(C)(C)C)C(=O)OC)c(C)cc3nc(C(=O)OCC)cn23)CC1. The minimum atomic E-state index is -0.933. The predicted molar refractivity (Wildman–Crippen MR) is 140 cm³/mol. The van der Waals surface area contributed by atoms with E-state index in [2.05, 4.69) is 23.4 Å². The number of hydrogen-bond acceptors (Lipinski definition) is 7. The highest BCUT2D eigenvalue weighted by molar-refractivity contribution is 5.88. The number of pyridine rings is 1. The van der Waals surface area contributed by atoms with Crippen LogP contribution in [-0.4, -0.2) is 53.7 Å². The molecule has 0 N–H and O–H groups in total. The van der Waals surface area contributed by atoms with Gasteiger partial charge in [-0.1, -0.05) is 13.0 Å². The maximum absolute atomic E-state index is 13.1. The number of carbonyl (C=O) groups is 2. The van der Waals surface area contributed by atoms with Crippen molar-refractivity contribution in [2.45, 2.75) is 78.9 Å². The molecule has 0 amide bonds. The first-order valence-corrected chi connectivity index (χ1v) is 12.7. The highest BCUT2D eigenvalue weighted by Gasteiger charge is 2.37. The predicted octanol–water partition coefficient (Wildman–Crippen LogP) is 5.42. The van der Waals surface area contributed by atoms with Crippen LogP contribution in [0.5, 0.6) is 0 Å². The zero-order valence-electron chi connectivity index (χ0n) is 22.8. The molecular weight excluding hydrogens is 458 g/mol.